The fourth-order valence-corrected chi connectivity index (χ4v) is 3.12. The fourth-order valence-electron chi connectivity index (χ4n) is 3.12. The predicted molar refractivity (Wildman–Crippen MR) is 74.5 cm³/mol. The number of rotatable bonds is 4. The van der Waals surface area contributed by atoms with Crippen LogP contribution < -0.4 is 0 Å². The lowest BCUT2D eigenvalue weighted by molar-refractivity contribution is -0.149. The van der Waals surface area contributed by atoms with Gasteiger partial charge < -0.3 is 5.11 Å². The molecule has 0 radical (unpaired) electrons. The van der Waals surface area contributed by atoms with Crippen LogP contribution in [0.25, 0.3) is 0 Å². The van der Waals surface area contributed by atoms with Crippen molar-refractivity contribution < 1.29 is 18.3 Å². The molecule has 5 heteroatoms. The molecule has 0 aromatic heterocycles. The molecule has 1 fully saturated rings. The summed E-state index contributed by atoms with van der Waals surface area (Å²) in [4.78, 5) is 1.40. The molecule has 1 aliphatic rings. The molecule has 0 amide bonds. The van der Waals surface area contributed by atoms with Crippen LogP contribution in [0, 0.1) is 17.3 Å². The summed E-state index contributed by atoms with van der Waals surface area (Å²) in [7, 11) is 0. The molecule has 0 aromatic carbocycles. The summed E-state index contributed by atoms with van der Waals surface area (Å²) in [5.74, 6) is 0.427. The van der Waals surface area contributed by atoms with E-state index in [1.807, 2.05) is 0 Å². The molecule has 0 heterocycles. The van der Waals surface area contributed by atoms with Crippen molar-refractivity contribution in [3.8, 4) is 0 Å². The third-order valence-corrected chi connectivity index (χ3v) is 4.51. The highest BCUT2D eigenvalue weighted by molar-refractivity contribution is 4.87. The second kappa shape index (κ2) is 6.65. The molecule has 2 nitrogen and oxygen atoms in total. The SMILES string of the molecule is CCN(CC1CC(C(C)(C)C)CCC1O)CC(F)(F)F. The minimum atomic E-state index is -4.17. The average molecular weight is 295 g/mol. The molecule has 3 unspecified atom stereocenters. The lowest BCUT2D eigenvalue weighted by Gasteiger charge is -2.41. The maximum absolute atomic E-state index is 12.5. The molecule has 0 aromatic rings. The summed E-state index contributed by atoms with van der Waals surface area (Å²) in [6, 6.07) is 0. The maximum atomic E-state index is 12.5. The summed E-state index contributed by atoms with van der Waals surface area (Å²) in [5.41, 5.74) is 0.152. The second-order valence-electron chi connectivity index (χ2n) is 7.15. The summed E-state index contributed by atoms with van der Waals surface area (Å²) < 4.78 is 37.5. The first-order chi connectivity index (χ1) is 9.03. The number of hydrogen-bond donors (Lipinski definition) is 1. The van der Waals surface area contributed by atoms with Crippen LogP contribution in [0.3, 0.4) is 0 Å². The molecule has 0 spiro atoms. The Hall–Kier alpha value is -0.290. The summed E-state index contributed by atoms with van der Waals surface area (Å²) >= 11 is 0. The van der Waals surface area contributed by atoms with Gasteiger partial charge in [0.2, 0.25) is 0 Å². The van der Waals surface area contributed by atoms with Crippen molar-refractivity contribution in [3.05, 3.63) is 0 Å². The van der Waals surface area contributed by atoms with Gasteiger partial charge in [0.05, 0.1) is 12.6 Å². The van der Waals surface area contributed by atoms with Crippen LogP contribution in [0.1, 0.15) is 47.0 Å². The van der Waals surface area contributed by atoms with E-state index in [-0.39, 0.29) is 11.3 Å². The van der Waals surface area contributed by atoms with Crippen molar-refractivity contribution in [2.45, 2.75) is 59.2 Å². The Bertz CT molecular complexity index is 298. The van der Waals surface area contributed by atoms with Crippen molar-refractivity contribution in [1.29, 1.82) is 0 Å². The van der Waals surface area contributed by atoms with E-state index in [9.17, 15) is 18.3 Å². The Morgan fingerprint density at radius 1 is 1.15 bits per heavy atom. The largest absolute Gasteiger partial charge is 0.401 e. The van der Waals surface area contributed by atoms with Gasteiger partial charge >= 0.3 is 6.18 Å². The molecular weight excluding hydrogens is 267 g/mol. The summed E-state index contributed by atoms with van der Waals surface area (Å²) in [6.07, 6.45) is -2.14. The Kier molecular flexibility index (Phi) is 5.90. The second-order valence-corrected chi connectivity index (χ2v) is 7.15. The molecule has 1 aliphatic carbocycles. The number of hydrogen-bond acceptors (Lipinski definition) is 2. The van der Waals surface area contributed by atoms with Gasteiger partial charge in [0.15, 0.2) is 0 Å². The molecule has 120 valence electrons. The standard InChI is InChI=1S/C15H28F3NO/c1-5-19(10-15(16,17)18)9-11-8-12(14(2,3)4)6-7-13(11)20/h11-13,20H,5-10H2,1-4H3. The van der Waals surface area contributed by atoms with Gasteiger partial charge in [0.25, 0.3) is 0 Å². The van der Waals surface area contributed by atoms with Crippen molar-refractivity contribution in [2.75, 3.05) is 19.6 Å². The Morgan fingerprint density at radius 3 is 2.20 bits per heavy atom. The van der Waals surface area contributed by atoms with Crippen LogP contribution in [0.4, 0.5) is 13.2 Å². The molecule has 3 atom stereocenters. The van der Waals surface area contributed by atoms with Crippen LogP contribution in [0.2, 0.25) is 0 Å². The highest BCUT2D eigenvalue weighted by Crippen LogP contribution is 2.40. The molecule has 0 aliphatic heterocycles. The Balaban J connectivity index is 2.63. The van der Waals surface area contributed by atoms with E-state index in [1.165, 1.54) is 4.90 Å². The monoisotopic (exact) mass is 295 g/mol. The fraction of sp³-hybridized carbons (Fsp3) is 1.00. The van der Waals surface area contributed by atoms with Crippen LogP contribution in [-0.4, -0.2) is 41.9 Å². The van der Waals surface area contributed by atoms with E-state index in [0.29, 0.717) is 25.4 Å². The van der Waals surface area contributed by atoms with E-state index < -0.39 is 18.8 Å². The van der Waals surface area contributed by atoms with Gasteiger partial charge in [-0.2, -0.15) is 13.2 Å². The first-order valence-electron chi connectivity index (χ1n) is 7.50. The average Bonchev–Trinajstić information content (AvgIpc) is 2.27. The van der Waals surface area contributed by atoms with E-state index in [4.69, 9.17) is 0 Å². The first-order valence-corrected chi connectivity index (χ1v) is 7.50. The van der Waals surface area contributed by atoms with Gasteiger partial charge in [-0.1, -0.05) is 27.7 Å². The zero-order valence-electron chi connectivity index (χ0n) is 13.0. The summed E-state index contributed by atoms with van der Waals surface area (Å²) in [6.45, 7) is 8.06. The number of aliphatic hydroxyl groups is 1. The molecular formula is C15H28F3NO. The van der Waals surface area contributed by atoms with Crippen molar-refractivity contribution in [2.24, 2.45) is 17.3 Å². The third kappa shape index (κ3) is 5.60. The minimum absolute atomic E-state index is 0.0460. The number of halogens is 3. The van der Waals surface area contributed by atoms with E-state index in [0.717, 1.165) is 12.8 Å². The van der Waals surface area contributed by atoms with Crippen LogP contribution in [0.5, 0.6) is 0 Å². The molecule has 20 heavy (non-hydrogen) atoms. The van der Waals surface area contributed by atoms with Gasteiger partial charge in [-0.25, -0.2) is 0 Å². The van der Waals surface area contributed by atoms with Crippen LogP contribution in [-0.2, 0) is 0 Å². The van der Waals surface area contributed by atoms with E-state index >= 15 is 0 Å². The molecule has 0 bridgehead atoms. The van der Waals surface area contributed by atoms with Gasteiger partial charge in [0.1, 0.15) is 0 Å². The van der Waals surface area contributed by atoms with Gasteiger partial charge in [-0.05, 0) is 43.1 Å². The zero-order valence-corrected chi connectivity index (χ0v) is 13.0. The lowest BCUT2D eigenvalue weighted by atomic mass is 9.68. The highest BCUT2D eigenvalue weighted by atomic mass is 19.4. The smallest absolute Gasteiger partial charge is 0.393 e. The Labute approximate surface area is 120 Å². The number of nitrogens with zero attached hydrogens (tertiary/aromatic N) is 1. The van der Waals surface area contributed by atoms with Crippen molar-refractivity contribution >= 4 is 0 Å². The minimum Gasteiger partial charge on any atom is -0.393 e. The predicted octanol–water partition coefficient (Wildman–Crippen LogP) is 3.69. The van der Waals surface area contributed by atoms with Crippen molar-refractivity contribution in [1.82, 2.24) is 4.90 Å². The van der Waals surface area contributed by atoms with Crippen LogP contribution >= 0.6 is 0 Å². The quantitative estimate of drug-likeness (QED) is 0.855. The van der Waals surface area contributed by atoms with Gasteiger partial charge in [-0.3, -0.25) is 4.90 Å². The lowest BCUT2D eigenvalue weighted by Crippen LogP contribution is -2.44. The van der Waals surface area contributed by atoms with E-state index in [1.54, 1.807) is 6.92 Å². The van der Waals surface area contributed by atoms with E-state index in [2.05, 4.69) is 20.8 Å². The van der Waals surface area contributed by atoms with Crippen molar-refractivity contribution in [3.63, 3.8) is 0 Å². The molecule has 1 rings (SSSR count). The number of alkyl halides is 3. The first kappa shape index (κ1) is 17.8. The number of aliphatic hydroxyl groups excluding tert-OH is 1. The maximum Gasteiger partial charge on any atom is 0.401 e. The summed E-state index contributed by atoms with van der Waals surface area (Å²) in [5, 5.41) is 10.1. The Morgan fingerprint density at radius 2 is 1.75 bits per heavy atom. The zero-order chi connectivity index (χ0) is 15.6. The molecule has 0 saturated heterocycles. The molecule has 1 saturated carbocycles. The third-order valence-electron chi connectivity index (χ3n) is 4.51. The van der Waals surface area contributed by atoms with Gasteiger partial charge in [0, 0.05) is 6.54 Å². The topological polar surface area (TPSA) is 23.5 Å². The van der Waals surface area contributed by atoms with Crippen LogP contribution in [0.15, 0.2) is 0 Å². The molecule has 1 N–H and O–H groups in total. The highest BCUT2D eigenvalue weighted by Gasteiger charge is 2.37. The normalized spacial score (nSPS) is 28.9. The van der Waals surface area contributed by atoms with Gasteiger partial charge in [-0.15, -0.1) is 0 Å².